The molecule has 0 aromatic rings. The van der Waals surface area contributed by atoms with Gasteiger partial charge >= 0.3 is 11.9 Å². The number of aliphatic carboxylic acids is 2. The lowest BCUT2D eigenvalue weighted by Gasteiger charge is -2.39. The van der Waals surface area contributed by atoms with Gasteiger partial charge in [-0.1, -0.05) is 0 Å². The Morgan fingerprint density at radius 3 is 2.07 bits per heavy atom. The van der Waals surface area contributed by atoms with Gasteiger partial charge in [0.2, 0.25) is 23.6 Å². The summed E-state index contributed by atoms with van der Waals surface area (Å²) in [5.41, 5.74) is 14.4. The predicted molar refractivity (Wildman–Crippen MR) is 154 cm³/mol. The first-order valence-electron chi connectivity index (χ1n) is 13.4. The van der Waals surface area contributed by atoms with Crippen LogP contribution >= 0.6 is 11.8 Å². The van der Waals surface area contributed by atoms with E-state index in [1.54, 1.807) is 0 Å². The van der Waals surface area contributed by atoms with Gasteiger partial charge in [-0.2, -0.15) is 0 Å². The Kier molecular flexibility index (Phi) is 17.0. The van der Waals surface area contributed by atoms with Crippen molar-refractivity contribution in [1.29, 1.82) is 0 Å². The van der Waals surface area contributed by atoms with Crippen molar-refractivity contribution in [2.45, 2.75) is 67.2 Å². The number of aliphatic hydroxyl groups excluding tert-OH is 4. The number of hydrogen-bond donors (Lipinski definition) is 13. The molecule has 16 N–H and O–H groups in total. The Labute approximate surface area is 260 Å². The summed E-state index contributed by atoms with van der Waals surface area (Å²) in [6.45, 7) is -1.78. The van der Waals surface area contributed by atoms with Gasteiger partial charge in [0.25, 0.3) is 0 Å². The number of nitrogens with one attached hydrogen (secondary N) is 4. The zero-order valence-electron chi connectivity index (χ0n) is 23.9. The van der Waals surface area contributed by atoms with Gasteiger partial charge in [-0.05, 0) is 12.8 Å². The summed E-state index contributed by atoms with van der Waals surface area (Å²) >= 11 is 0.618. The van der Waals surface area contributed by atoms with Crippen LogP contribution in [-0.4, -0.2) is 152 Å². The van der Waals surface area contributed by atoms with Crippen LogP contribution in [0.5, 0.6) is 0 Å². The highest BCUT2D eigenvalue weighted by atomic mass is 32.2. The van der Waals surface area contributed by atoms with E-state index >= 15 is 0 Å². The maximum atomic E-state index is 12.8. The zero-order valence-corrected chi connectivity index (χ0v) is 24.7. The van der Waals surface area contributed by atoms with Crippen molar-refractivity contribution >= 4 is 53.3 Å². The van der Waals surface area contributed by atoms with Crippen molar-refractivity contribution in [2.24, 2.45) is 22.2 Å². The normalized spacial score (nSPS) is 23.0. The maximum Gasteiger partial charge on any atom is 0.327 e. The smallest absolute Gasteiger partial charge is 0.327 e. The van der Waals surface area contributed by atoms with Gasteiger partial charge in [-0.25, -0.2) is 4.79 Å². The van der Waals surface area contributed by atoms with Crippen LogP contribution in [0.3, 0.4) is 0 Å². The van der Waals surface area contributed by atoms with Gasteiger partial charge in [-0.15, -0.1) is 11.8 Å². The summed E-state index contributed by atoms with van der Waals surface area (Å²) in [4.78, 5) is 76.5. The van der Waals surface area contributed by atoms with Crippen molar-refractivity contribution in [3.63, 3.8) is 0 Å². The molecular formula is C23H40N8O13S. The molecule has 1 fully saturated rings. The lowest BCUT2D eigenvalue weighted by Crippen LogP contribution is -2.58. The molecule has 8 atom stereocenters. The number of rotatable bonds is 19. The number of amides is 4. The van der Waals surface area contributed by atoms with E-state index in [1.807, 2.05) is 0 Å². The van der Waals surface area contributed by atoms with Crippen molar-refractivity contribution in [3.8, 4) is 0 Å². The predicted octanol–water partition coefficient (Wildman–Crippen LogP) is -7.34. The number of aliphatic hydroxyl groups is 4. The number of carboxylic acids is 2. The molecule has 21 nitrogen and oxygen atoms in total. The number of carbonyl (C=O) groups excluding carboxylic acids is 4. The van der Waals surface area contributed by atoms with Crippen LogP contribution in [0.15, 0.2) is 4.99 Å². The topological polar surface area (TPSA) is 372 Å². The van der Waals surface area contributed by atoms with Crippen LogP contribution in [0.2, 0.25) is 0 Å². The number of thioether (sulfide) groups is 1. The number of aliphatic imine (C=N–C) groups is 1. The van der Waals surface area contributed by atoms with Crippen molar-refractivity contribution < 1.29 is 64.1 Å². The summed E-state index contributed by atoms with van der Waals surface area (Å²) in [5.74, 6) is -7.52. The van der Waals surface area contributed by atoms with Gasteiger partial charge in [0.15, 0.2) is 5.96 Å². The molecule has 1 aliphatic rings. The second-order valence-corrected chi connectivity index (χ2v) is 10.8. The van der Waals surface area contributed by atoms with Gasteiger partial charge < -0.3 is 73.8 Å². The lowest BCUT2D eigenvalue weighted by atomic mass is 10.0. The Bertz CT molecular complexity index is 1080. The van der Waals surface area contributed by atoms with E-state index in [4.69, 9.17) is 21.9 Å². The van der Waals surface area contributed by atoms with E-state index in [9.17, 15) is 59.4 Å². The minimum atomic E-state index is -1.79. The zero-order chi connectivity index (χ0) is 34.3. The molecule has 0 aromatic heterocycles. The molecule has 1 aliphatic heterocycles. The second kappa shape index (κ2) is 19.6. The largest absolute Gasteiger partial charge is 0.481 e. The van der Waals surface area contributed by atoms with Crippen LogP contribution in [0, 0.1) is 0 Å². The minimum absolute atomic E-state index is 0.0533. The third kappa shape index (κ3) is 13.8. The van der Waals surface area contributed by atoms with Crippen LogP contribution in [0.1, 0.15) is 19.3 Å². The van der Waals surface area contributed by atoms with Crippen molar-refractivity contribution in [3.05, 3.63) is 0 Å². The summed E-state index contributed by atoms with van der Waals surface area (Å²) in [5, 5.41) is 66.7. The molecule has 1 rings (SSSR count). The van der Waals surface area contributed by atoms with Crippen molar-refractivity contribution in [1.82, 2.24) is 21.3 Å². The van der Waals surface area contributed by atoms with Gasteiger partial charge in [0.1, 0.15) is 48.0 Å². The summed E-state index contributed by atoms with van der Waals surface area (Å²) in [6.07, 6.45) is -6.98. The van der Waals surface area contributed by atoms with Crippen molar-refractivity contribution in [2.75, 3.05) is 32.0 Å². The molecular weight excluding hydrogens is 628 g/mol. The Morgan fingerprint density at radius 2 is 1.51 bits per heavy atom. The lowest BCUT2D eigenvalue weighted by molar-refractivity contribution is -0.205. The first kappa shape index (κ1) is 39.2. The third-order valence-corrected chi connectivity index (χ3v) is 7.37. The fourth-order valence-electron chi connectivity index (χ4n) is 3.79. The molecule has 0 aromatic carbocycles. The molecule has 22 heteroatoms. The Balaban J connectivity index is 2.83. The monoisotopic (exact) mass is 668 g/mol. The summed E-state index contributed by atoms with van der Waals surface area (Å²) in [6, 6.07) is -4.65. The van der Waals surface area contributed by atoms with E-state index in [1.165, 1.54) is 0 Å². The second-order valence-electron chi connectivity index (χ2n) is 9.64. The number of carboxylic acid groups (broad SMARTS) is 2. The van der Waals surface area contributed by atoms with Gasteiger partial charge in [-0.3, -0.25) is 29.0 Å². The average Bonchev–Trinajstić information content (AvgIpc) is 2.97. The number of hydrogen-bond acceptors (Lipinski definition) is 14. The van der Waals surface area contributed by atoms with Crippen LogP contribution in [0.25, 0.3) is 0 Å². The van der Waals surface area contributed by atoms with E-state index < -0.39 is 115 Å². The average molecular weight is 669 g/mol. The highest BCUT2D eigenvalue weighted by molar-refractivity contribution is 7.99. The third-order valence-electron chi connectivity index (χ3n) is 6.13. The maximum absolute atomic E-state index is 12.8. The SMILES string of the molecule is NCC(=O)N[C@@H](CCCN=C(N)N)C(=O)NCC(=O)N[C@@H](CC(=O)O)C(=O)N[C@@H](CS[C@@H]1O[C@H](CO)[C@@H](O)[C@H](O)[C@H]1O)C(=O)O. The number of nitrogens with zero attached hydrogens (tertiary/aromatic N) is 1. The molecule has 0 unspecified atom stereocenters. The highest BCUT2D eigenvalue weighted by Gasteiger charge is 2.44. The Hall–Kier alpha value is -3.80. The quantitative estimate of drug-likeness (QED) is 0.0345. The van der Waals surface area contributed by atoms with Crippen LogP contribution < -0.4 is 38.5 Å². The summed E-state index contributed by atoms with van der Waals surface area (Å²) in [7, 11) is 0. The molecule has 45 heavy (non-hydrogen) atoms. The fraction of sp³-hybridized carbons (Fsp3) is 0.696. The molecule has 1 saturated heterocycles. The standard InChI is InChI=1S/C23H40N8O13S/c24-5-13(33)29-9(2-1-3-27-23(25)26)19(40)28-6-14(34)30-10(4-15(35)36)20(41)31-11(21(42)43)8-45-22-18(39)17(38)16(37)12(7-32)44-22/h9-12,16-18,22,32,37-39H,1-8,24H2,(H,28,40)(H,29,33)(H,30,34)(H,31,41)(H,35,36)(H,42,43)(H4,25,26,27)/t9-,10-,11-,12+,16+,17-,18+,22-/m0/s1. The molecule has 0 aliphatic carbocycles. The molecule has 1 heterocycles. The molecule has 0 spiro atoms. The van der Waals surface area contributed by atoms with Crippen LogP contribution in [-0.2, 0) is 33.5 Å². The van der Waals surface area contributed by atoms with Gasteiger partial charge in [0.05, 0.1) is 26.1 Å². The molecule has 256 valence electrons. The van der Waals surface area contributed by atoms with E-state index in [0.717, 1.165) is 0 Å². The van der Waals surface area contributed by atoms with Crippen LogP contribution in [0.4, 0.5) is 0 Å². The minimum Gasteiger partial charge on any atom is -0.481 e. The van der Waals surface area contributed by atoms with E-state index in [2.05, 4.69) is 26.3 Å². The number of nitrogens with two attached hydrogens (primary N) is 3. The molecule has 0 saturated carbocycles. The fourth-order valence-corrected chi connectivity index (χ4v) is 4.98. The Morgan fingerprint density at radius 1 is 0.867 bits per heavy atom. The van der Waals surface area contributed by atoms with E-state index in [0.29, 0.717) is 11.8 Å². The molecule has 4 amide bonds. The van der Waals surface area contributed by atoms with Gasteiger partial charge in [0, 0.05) is 12.3 Å². The summed E-state index contributed by atoms with van der Waals surface area (Å²) < 4.78 is 5.28. The molecule has 0 bridgehead atoms. The number of ether oxygens (including phenoxy) is 1. The molecule has 0 radical (unpaired) electrons. The van der Waals surface area contributed by atoms with E-state index in [-0.39, 0.29) is 25.3 Å². The number of guanidine groups is 1. The number of carbonyl (C=O) groups is 6. The first-order chi connectivity index (χ1) is 21.1. The highest BCUT2D eigenvalue weighted by Crippen LogP contribution is 2.28. The first-order valence-corrected chi connectivity index (χ1v) is 14.4.